The summed E-state index contributed by atoms with van der Waals surface area (Å²) in [7, 11) is -0.537. The van der Waals surface area contributed by atoms with Gasteiger partial charge in [-0.1, -0.05) is 6.07 Å². The molecule has 128 valence electrons. The third kappa shape index (κ3) is 2.83. The average molecular weight is 348 g/mol. The first-order chi connectivity index (χ1) is 11.3. The Labute approximate surface area is 141 Å². The van der Waals surface area contributed by atoms with E-state index in [4.69, 9.17) is 0 Å². The standard InChI is InChI=1S/C16H20N4O3S/c1-12-17-7-9-19(12)11-16(21)20-8-6-13-4-5-14(10-15(13)20)24(22,23)18(2)3/h4-5,7,9-10H,6,8,11H2,1-3H3. The molecule has 0 saturated carbocycles. The molecule has 1 aromatic carbocycles. The van der Waals surface area contributed by atoms with Gasteiger partial charge >= 0.3 is 0 Å². The Bertz CT molecular complexity index is 886. The third-order valence-corrected chi connectivity index (χ3v) is 6.07. The number of imidazole rings is 1. The fourth-order valence-electron chi connectivity index (χ4n) is 2.79. The van der Waals surface area contributed by atoms with Crippen molar-refractivity contribution in [3.63, 3.8) is 0 Å². The van der Waals surface area contributed by atoms with Crippen molar-refractivity contribution < 1.29 is 13.2 Å². The number of nitrogens with zero attached hydrogens (tertiary/aromatic N) is 4. The number of sulfonamides is 1. The SMILES string of the molecule is Cc1nccn1CC(=O)N1CCc2ccc(S(=O)(=O)N(C)C)cc21. The molecule has 0 aliphatic carbocycles. The lowest BCUT2D eigenvalue weighted by molar-refractivity contribution is -0.119. The number of hydrogen-bond donors (Lipinski definition) is 0. The van der Waals surface area contributed by atoms with Crippen LogP contribution in [-0.4, -0.2) is 48.8 Å². The van der Waals surface area contributed by atoms with Gasteiger partial charge in [-0.2, -0.15) is 0 Å². The van der Waals surface area contributed by atoms with E-state index in [1.807, 2.05) is 6.92 Å². The first-order valence-corrected chi connectivity index (χ1v) is 9.08. The van der Waals surface area contributed by atoms with E-state index in [2.05, 4.69) is 4.98 Å². The Morgan fingerprint density at radius 2 is 2.08 bits per heavy atom. The maximum atomic E-state index is 12.6. The van der Waals surface area contributed by atoms with Gasteiger partial charge in [-0.05, 0) is 31.0 Å². The summed E-state index contributed by atoms with van der Waals surface area (Å²) in [6.45, 7) is 2.59. The molecule has 0 bridgehead atoms. The van der Waals surface area contributed by atoms with Crippen LogP contribution in [0.25, 0.3) is 0 Å². The van der Waals surface area contributed by atoms with Gasteiger partial charge in [0, 0.05) is 38.7 Å². The molecule has 24 heavy (non-hydrogen) atoms. The fourth-order valence-corrected chi connectivity index (χ4v) is 3.71. The molecule has 1 aliphatic rings. The summed E-state index contributed by atoms with van der Waals surface area (Å²) in [5.41, 5.74) is 1.67. The van der Waals surface area contributed by atoms with Crippen molar-refractivity contribution in [2.24, 2.45) is 0 Å². The van der Waals surface area contributed by atoms with Crippen LogP contribution in [0.15, 0.2) is 35.5 Å². The first-order valence-electron chi connectivity index (χ1n) is 7.64. The molecule has 7 nitrogen and oxygen atoms in total. The molecule has 3 rings (SSSR count). The molecule has 1 amide bonds. The van der Waals surface area contributed by atoms with Crippen LogP contribution < -0.4 is 4.90 Å². The van der Waals surface area contributed by atoms with Gasteiger partial charge in [-0.25, -0.2) is 17.7 Å². The Morgan fingerprint density at radius 1 is 1.33 bits per heavy atom. The molecule has 8 heteroatoms. The van der Waals surface area contributed by atoms with Gasteiger partial charge in [0.25, 0.3) is 0 Å². The van der Waals surface area contributed by atoms with E-state index in [9.17, 15) is 13.2 Å². The average Bonchev–Trinajstić information content (AvgIpc) is 3.13. The molecule has 0 N–H and O–H groups in total. The highest BCUT2D eigenvalue weighted by atomic mass is 32.2. The second kappa shape index (κ2) is 6.03. The van der Waals surface area contributed by atoms with Crippen molar-refractivity contribution in [3.8, 4) is 0 Å². The van der Waals surface area contributed by atoms with E-state index in [0.717, 1.165) is 17.8 Å². The number of aryl methyl sites for hydroxylation is 1. The Hall–Kier alpha value is -2.19. The topological polar surface area (TPSA) is 75.5 Å². The summed E-state index contributed by atoms with van der Waals surface area (Å²) in [5, 5.41) is 0. The second-order valence-electron chi connectivity index (χ2n) is 5.98. The number of aromatic nitrogens is 2. The van der Waals surface area contributed by atoms with Crippen molar-refractivity contribution in [1.82, 2.24) is 13.9 Å². The number of amides is 1. The molecule has 0 atom stereocenters. The van der Waals surface area contributed by atoms with Crippen LogP contribution in [0.5, 0.6) is 0 Å². The largest absolute Gasteiger partial charge is 0.326 e. The number of carbonyl (C=O) groups excluding carboxylic acids is 1. The van der Waals surface area contributed by atoms with Gasteiger partial charge in [-0.3, -0.25) is 4.79 Å². The molecule has 2 aromatic rings. The fraction of sp³-hybridized carbons (Fsp3) is 0.375. The smallest absolute Gasteiger partial charge is 0.246 e. The molecular formula is C16H20N4O3S. The van der Waals surface area contributed by atoms with Crippen LogP contribution in [0.4, 0.5) is 5.69 Å². The predicted octanol–water partition coefficient (Wildman–Crippen LogP) is 1.03. The van der Waals surface area contributed by atoms with Crippen molar-refractivity contribution in [2.45, 2.75) is 24.8 Å². The van der Waals surface area contributed by atoms with E-state index >= 15 is 0 Å². The van der Waals surface area contributed by atoms with Crippen molar-refractivity contribution >= 4 is 21.6 Å². The van der Waals surface area contributed by atoms with Crippen LogP contribution in [0.2, 0.25) is 0 Å². The van der Waals surface area contributed by atoms with Gasteiger partial charge in [0.15, 0.2) is 0 Å². The van der Waals surface area contributed by atoms with E-state index in [1.54, 1.807) is 40.1 Å². The lowest BCUT2D eigenvalue weighted by Crippen LogP contribution is -2.32. The highest BCUT2D eigenvalue weighted by Gasteiger charge is 2.27. The van der Waals surface area contributed by atoms with Gasteiger partial charge in [0.1, 0.15) is 12.4 Å². The summed E-state index contributed by atoms with van der Waals surface area (Å²) < 4.78 is 27.6. The summed E-state index contributed by atoms with van der Waals surface area (Å²) in [6, 6.07) is 4.99. The minimum atomic E-state index is -3.52. The molecule has 1 aliphatic heterocycles. The monoisotopic (exact) mass is 348 g/mol. The first kappa shape index (κ1) is 16.7. The van der Waals surface area contributed by atoms with Crippen molar-refractivity contribution in [1.29, 1.82) is 0 Å². The van der Waals surface area contributed by atoms with Crippen LogP contribution in [-0.2, 0) is 27.8 Å². The van der Waals surface area contributed by atoms with E-state index in [-0.39, 0.29) is 17.3 Å². The lowest BCUT2D eigenvalue weighted by Gasteiger charge is -2.19. The van der Waals surface area contributed by atoms with Crippen LogP contribution in [0, 0.1) is 6.92 Å². The zero-order valence-electron chi connectivity index (χ0n) is 13.9. The van der Waals surface area contributed by atoms with Crippen LogP contribution in [0.1, 0.15) is 11.4 Å². The van der Waals surface area contributed by atoms with Gasteiger partial charge in [-0.15, -0.1) is 0 Å². The predicted molar refractivity (Wildman–Crippen MR) is 90.3 cm³/mol. The number of fused-ring (bicyclic) bond motifs is 1. The normalized spacial score (nSPS) is 14.2. The molecule has 0 radical (unpaired) electrons. The van der Waals surface area contributed by atoms with E-state index in [1.165, 1.54) is 18.4 Å². The second-order valence-corrected chi connectivity index (χ2v) is 8.13. The van der Waals surface area contributed by atoms with Gasteiger partial charge in [0.2, 0.25) is 15.9 Å². The zero-order valence-corrected chi connectivity index (χ0v) is 14.7. The molecule has 0 fully saturated rings. The van der Waals surface area contributed by atoms with Crippen molar-refractivity contribution in [3.05, 3.63) is 42.0 Å². The zero-order chi connectivity index (χ0) is 17.5. The molecule has 0 saturated heterocycles. The summed E-state index contributed by atoms with van der Waals surface area (Å²) in [4.78, 5) is 18.6. The molecule has 2 heterocycles. The number of anilines is 1. The third-order valence-electron chi connectivity index (χ3n) is 4.26. The highest BCUT2D eigenvalue weighted by molar-refractivity contribution is 7.89. The molecule has 0 spiro atoms. The summed E-state index contributed by atoms with van der Waals surface area (Å²) >= 11 is 0. The summed E-state index contributed by atoms with van der Waals surface area (Å²) in [6.07, 6.45) is 4.14. The van der Waals surface area contributed by atoms with Crippen LogP contribution in [0.3, 0.4) is 0 Å². The van der Waals surface area contributed by atoms with Crippen LogP contribution >= 0.6 is 0 Å². The van der Waals surface area contributed by atoms with Crippen molar-refractivity contribution in [2.75, 3.05) is 25.5 Å². The summed E-state index contributed by atoms with van der Waals surface area (Å²) in [5.74, 6) is 0.695. The lowest BCUT2D eigenvalue weighted by atomic mass is 10.2. The number of carbonyl (C=O) groups is 1. The molecule has 1 aromatic heterocycles. The maximum Gasteiger partial charge on any atom is 0.246 e. The Morgan fingerprint density at radius 3 is 2.71 bits per heavy atom. The minimum absolute atomic E-state index is 0.0748. The Kier molecular flexibility index (Phi) is 4.18. The van der Waals surface area contributed by atoms with E-state index in [0.29, 0.717) is 12.2 Å². The quantitative estimate of drug-likeness (QED) is 0.827. The van der Waals surface area contributed by atoms with E-state index < -0.39 is 10.0 Å². The maximum absolute atomic E-state index is 12.6. The number of rotatable bonds is 4. The number of benzene rings is 1. The molecular weight excluding hydrogens is 328 g/mol. The van der Waals surface area contributed by atoms with Gasteiger partial charge < -0.3 is 9.47 Å². The minimum Gasteiger partial charge on any atom is -0.326 e. The Balaban J connectivity index is 1.91. The molecule has 0 unspecified atom stereocenters. The number of hydrogen-bond acceptors (Lipinski definition) is 4. The highest BCUT2D eigenvalue weighted by Crippen LogP contribution is 2.31. The van der Waals surface area contributed by atoms with Gasteiger partial charge in [0.05, 0.1) is 4.90 Å².